The first-order valence-electron chi connectivity index (χ1n) is 15.9. The number of piperidine rings is 1. The van der Waals surface area contributed by atoms with E-state index in [1.807, 2.05) is 0 Å². The fraction of sp³-hybridized carbons (Fsp3) is 0.774. The topological polar surface area (TPSA) is 77.7 Å². The van der Waals surface area contributed by atoms with Gasteiger partial charge in [0.2, 0.25) is 0 Å². The summed E-state index contributed by atoms with van der Waals surface area (Å²) in [6.07, 6.45) is 15.8. The van der Waals surface area contributed by atoms with Crippen molar-refractivity contribution in [3.05, 3.63) is 29.0 Å². The van der Waals surface area contributed by atoms with E-state index in [2.05, 4.69) is 26.2 Å². The number of rotatable bonds is 8. The summed E-state index contributed by atoms with van der Waals surface area (Å²) in [5.74, 6) is 1.59. The Morgan fingerprint density at radius 2 is 1.80 bits per heavy atom. The molecule has 3 saturated carbocycles. The molecule has 4 N–H and O–H groups in total. The quantitative estimate of drug-likeness (QED) is 0.368. The average Bonchev–Trinajstić information content (AvgIpc) is 3.50. The lowest BCUT2D eigenvalue weighted by atomic mass is 9.73. The maximum absolute atomic E-state index is 13.7. The van der Waals surface area contributed by atoms with E-state index in [0.29, 0.717) is 41.9 Å². The number of ether oxygens (including phenoxy) is 1. The van der Waals surface area contributed by atoms with Crippen LogP contribution in [0.2, 0.25) is 5.02 Å². The molecule has 6 rings (SSSR count). The fourth-order valence-electron chi connectivity index (χ4n) is 8.25. The SMILES string of the molecule is O=C(COc1ccc(Cl)c(F)c1)NC1C[C@H](NC2CC(C3CCCCCCC3)NC(N3CCNC3)C2)C2CCC12. The van der Waals surface area contributed by atoms with Crippen LogP contribution >= 0.6 is 11.6 Å². The van der Waals surface area contributed by atoms with E-state index in [9.17, 15) is 9.18 Å². The molecule has 5 aliphatic rings. The molecule has 3 aliphatic carbocycles. The minimum absolute atomic E-state index is 0.0468. The molecule has 2 aliphatic heterocycles. The molecule has 2 heterocycles. The summed E-state index contributed by atoms with van der Waals surface area (Å²) >= 11 is 5.75. The summed E-state index contributed by atoms with van der Waals surface area (Å²) in [6, 6.07) is 5.98. The van der Waals surface area contributed by atoms with Crippen molar-refractivity contribution in [3.8, 4) is 5.75 Å². The van der Waals surface area contributed by atoms with Gasteiger partial charge in [-0.1, -0.05) is 43.7 Å². The van der Waals surface area contributed by atoms with Crippen molar-refractivity contribution < 1.29 is 13.9 Å². The third-order valence-corrected chi connectivity index (χ3v) is 10.8. The van der Waals surface area contributed by atoms with E-state index in [1.165, 1.54) is 76.3 Å². The summed E-state index contributed by atoms with van der Waals surface area (Å²) < 4.78 is 19.3. The lowest BCUT2D eigenvalue weighted by molar-refractivity contribution is -0.124. The highest BCUT2D eigenvalue weighted by Gasteiger charge is 2.50. The number of hydrogen-bond donors (Lipinski definition) is 4. The van der Waals surface area contributed by atoms with Gasteiger partial charge >= 0.3 is 0 Å². The third-order valence-electron chi connectivity index (χ3n) is 10.5. The highest BCUT2D eigenvalue weighted by molar-refractivity contribution is 6.30. The van der Waals surface area contributed by atoms with Crippen LogP contribution in [0.4, 0.5) is 4.39 Å². The minimum atomic E-state index is -0.542. The largest absolute Gasteiger partial charge is 0.484 e. The lowest BCUT2D eigenvalue weighted by Gasteiger charge is -2.45. The van der Waals surface area contributed by atoms with Gasteiger partial charge in [0.15, 0.2) is 6.61 Å². The van der Waals surface area contributed by atoms with Crippen LogP contribution in [0, 0.1) is 23.6 Å². The van der Waals surface area contributed by atoms with Gasteiger partial charge in [-0.25, -0.2) is 4.39 Å². The molecule has 40 heavy (non-hydrogen) atoms. The van der Waals surface area contributed by atoms with Gasteiger partial charge in [0.25, 0.3) is 5.91 Å². The van der Waals surface area contributed by atoms with E-state index in [0.717, 1.165) is 38.5 Å². The number of nitrogens with one attached hydrogen (secondary N) is 4. The van der Waals surface area contributed by atoms with Crippen molar-refractivity contribution in [1.29, 1.82) is 0 Å². The maximum atomic E-state index is 13.7. The third kappa shape index (κ3) is 6.78. The second-order valence-corrected chi connectivity index (χ2v) is 13.4. The van der Waals surface area contributed by atoms with Crippen molar-refractivity contribution in [2.45, 2.75) is 107 Å². The first kappa shape index (κ1) is 28.7. The van der Waals surface area contributed by atoms with Crippen LogP contribution in [0.1, 0.15) is 77.0 Å². The van der Waals surface area contributed by atoms with E-state index >= 15 is 0 Å². The molecule has 0 bridgehead atoms. The number of carbonyl (C=O) groups excluding carboxylic acids is 1. The molecule has 1 aromatic carbocycles. The van der Waals surface area contributed by atoms with Gasteiger partial charge < -0.3 is 20.7 Å². The van der Waals surface area contributed by atoms with Gasteiger partial charge in [-0.15, -0.1) is 0 Å². The number of benzene rings is 1. The Bertz CT molecular complexity index is 1000. The molecule has 1 aromatic rings. The molecule has 9 heteroatoms. The lowest BCUT2D eigenvalue weighted by Crippen LogP contribution is -2.61. The molecule has 7 atom stereocenters. The molecule has 222 valence electrons. The molecule has 0 radical (unpaired) electrons. The predicted molar refractivity (Wildman–Crippen MR) is 156 cm³/mol. The van der Waals surface area contributed by atoms with Crippen LogP contribution in [0.5, 0.6) is 5.75 Å². The van der Waals surface area contributed by atoms with Crippen LogP contribution in [0.3, 0.4) is 0 Å². The predicted octanol–water partition coefficient (Wildman–Crippen LogP) is 4.40. The number of hydrogen-bond acceptors (Lipinski definition) is 6. The zero-order valence-corrected chi connectivity index (χ0v) is 24.4. The van der Waals surface area contributed by atoms with E-state index in [4.69, 9.17) is 16.3 Å². The molecule has 0 spiro atoms. The second kappa shape index (κ2) is 13.2. The van der Waals surface area contributed by atoms with Crippen molar-refractivity contribution in [3.63, 3.8) is 0 Å². The summed E-state index contributed by atoms with van der Waals surface area (Å²) in [7, 11) is 0. The Hall–Kier alpha value is -1.45. The van der Waals surface area contributed by atoms with E-state index in [1.54, 1.807) is 6.07 Å². The molecular formula is C31H47ClFN5O2. The van der Waals surface area contributed by atoms with Crippen molar-refractivity contribution in [1.82, 2.24) is 26.2 Å². The molecule has 7 nitrogen and oxygen atoms in total. The zero-order valence-electron chi connectivity index (χ0n) is 23.7. The first-order chi connectivity index (χ1) is 19.5. The highest BCUT2D eigenvalue weighted by Crippen LogP contribution is 2.47. The Balaban J connectivity index is 1.05. The van der Waals surface area contributed by atoms with Crippen LogP contribution in [0.15, 0.2) is 18.2 Å². The molecule has 6 unspecified atom stereocenters. The summed E-state index contributed by atoms with van der Waals surface area (Å²) in [5, 5.41) is 15.1. The number of nitrogens with zero attached hydrogens (tertiary/aromatic N) is 1. The molecule has 0 aromatic heterocycles. The number of halogens is 2. The van der Waals surface area contributed by atoms with Crippen LogP contribution in [0.25, 0.3) is 0 Å². The fourth-order valence-corrected chi connectivity index (χ4v) is 8.37. The smallest absolute Gasteiger partial charge is 0.258 e. The monoisotopic (exact) mass is 575 g/mol. The average molecular weight is 576 g/mol. The summed E-state index contributed by atoms with van der Waals surface area (Å²) in [5.41, 5.74) is 0. The second-order valence-electron chi connectivity index (χ2n) is 13.0. The molecule has 5 fully saturated rings. The Morgan fingerprint density at radius 3 is 2.52 bits per heavy atom. The molecule has 2 saturated heterocycles. The summed E-state index contributed by atoms with van der Waals surface area (Å²) in [6.45, 7) is 3.06. The van der Waals surface area contributed by atoms with Crippen LogP contribution in [-0.2, 0) is 4.79 Å². The maximum Gasteiger partial charge on any atom is 0.258 e. The molecule has 1 amide bonds. The standard InChI is InChI=1S/C31H47ClFN5O2/c32-25-11-8-22(16-26(25)33)40-18-31(39)37-29-17-28(23-9-10-24(23)29)35-21-14-27(20-6-4-2-1-3-5-7-20)36-30(15-21)38-13-12-34-19-38/h8,11,16,20-21,23-24,27-30,34-36H,1-7,9-10,12-15,17-19H2,(H,37,39)/t21?,23?,24?,27?,28-,29?,30?/m0/s1. The van der Waals surface area contributed by atoms with E-state index in [-0.39, 0.29) is 23.6 Å². The van der Waals surface area contributed by atoms with Gasteiger partial charge in [-0.05, 0) is 74.8 Å². The van der Waals surface area contributed by atoms with Gasteiger partial charge in [-0.2, -0.15) is 0 Å². The van der Waals surface area contributed by atoms with Gasteiger partial charge in [0, 0.05) is 50.0 Å². The van der Waals surface area contributed by atoms with Crippen molar-refractivity contribution in [2.24, 2.45) is 17.8 Å². The Morgan fingerprint density at radius 1 is 1.02 bits per heavy atom. The zero-order chi connectivity index (χ0) is 27.5. The van der Waals surface area contributed by atoms with Gasteiger partial charge in [-0.3, -0.25) is 15.0 Å². The number of carbonyl (C=O) groups is 1. The Labute approximate surface area is 243 Å². The number of fused-ring (bicyclic) bond motifs is 1. The van der Waals surface area contributed by atoms with Crippen molar-refractivity contribution in [2.75, 3.05) is 26.4 Å². The van der Waals surface area contributed by atoms with E-state index < -0.39 is 5.82 Å². The summed E-state index contributed by atoms with van der Waals surface area (Å²) in [4.78, 5) is 15.4. The van der Waals surface area contributed by atoms with Crippen molar-refractivity contribution >= 4 is 17.5 Å². The normalized spacial score (nSPS) is 35.4. The highest BCUT2D eigenvalue weighted by atomic mass is 35.5. The first-order valence-corrected chi connectivity index (χ1v) is 16.3. The molecular weight excluding hydrogens is 529 g/mol. The Kier molecular flexibility index (Phi) is 9.49. The van der Waals surface area contributed by atoms with Gasteiger partial charge in [0.1, 0.15) is 11.6 Å². The minimum Gasteiger partial charge on any atom is -0.484 e. The van der Waals surface area contributed by atoms with Crippen LogP contribution < -0.4 is 26.0 Å². The number of amides is 1. The van der Waals surface area contributed by atoms with Gasteiger partial charge in [0.05, 0.1) is 11.2 Å². The van der Waals surface area contributed by atoms with Crippen LogP contribution in [-0.4, -0.2) is 67.5 Å².